The number of hydrogen-bond donors (Lipinski definition) is 1. The van der Waals surface area contributed by atoms with Crippen LogP contribution < -0.4 is 0 Å². The zero-order chi connectivity index (χ0) is 13.6. The summed E-state index contributed by atoms with van der Waals surface area (Å²) in [5.41, 5.74) is 0. The fourth-order valence-electron chi connectivity index (χ4n) is 5.95. The van der Waals surface area contributed by atoms with Crippen molar-refractivity contribution in [1.82, 2.24) is 0 Å². The number of aliphatic hydroxyl groups excluding tert-OH is 1. The first-order valence-corrected chi connectivity index (χ1v) is 8.76. The molecule has 3 saturated carbocycles. The van der Waals surface area contributed by atoms with E-state index in [0.29, 0.717) is 5.92 Å². The molecule has 0 aromatic carbocycles. The minimum absolute atomic E-state index is 0.0215. The van der Waals surface area contributed by atoms with Gasteiger partial charge in [0.15, 0.2) is 0 Å². The highest BCUT2D eigenvalue weighted by atomic mass is 16.3. The second-order valence-corrected chi connectivity index (χ2v) is 8.11. The second-order valence-electron chi connectivity index (χ2n) is 8.11. The molecule has 1 heteroatoms. The molecule has 3 aliphatic rings. The van der Waals surface area contributed by atoms with Crippen LogP contribution in [0.25, 0.3) is 0 Å². The summed E-state index contributed by atoms with van der Waals surface area (Å²) >= 11 is 0. The fourth-order valence-corrected chi connectivity index (χ4v) is 5.95. The lowest BCUT2D eigenvalue weighted by Crippen LogP contribution is -2.41. The minimum Gasteiger partial charge on any atom is -0.393 e. The van der Waals surface area contributed by atoms with Crippen LogP contribution in [0.1, 0.15) is 65.7 Å². The van der Waals surface area contributed by atoms with Crippen molar-refractivity contribution in [2.45, 2.75) is 71.8 Å². The molecule has 8 atom stereocenters. The first-order valence-electron chi connectivity index (χ1n) is 8.76. The Morgan fingerprint density at radius 2 is 1.47 bits per heavy atom. The molecule has 1 N–H and O–H groups in total. The number of hydrogen-bond acceptors (Lipinski definition) is 1. The number of fused-ring (bicyclic) bond motifs is 1. The van der Waals surface area contributed by atoms with Gasteiger partial charge in [0.05, 0.1) is 6.10 Å². The van der Waals surface area contributed by atoms with E-state index in [1.165, 1.54) is 38.5 Å². The van der Waals surface area contributed by atoms with Crippen molar-refractivity contribution in [3.8, 4) is 0 Å². The van der Waals surface area contributed by atoms with Gasteiger partial charge in [-0.15, -0.1) is 0 Å². The Morgan fingerprint density at radius 3 is 2.21 bits per heavy atom. The fraction of sp³-hybridized carbons (Fsp3) is 1.00. The predicted molar refractivity (Wildman–Crippen MR) is 79.8 cm³/mol. The summed E-state index contributed by atoms with van der Waals surface area (Å²) in [5.74, 6) is 6.34. The van der Waals surface area contributed by atoms with Crippen LogP contribution in [-0.2, 0) is 0 Å². The normalized spacial score (nSPS) is 54.9. The molecule has 0 saturated heterocycles. The molecule has 0 aromatic heterocycles. The third-order valence-electron chi connectivity index (χ3n) is 7.12. The first kappa shape index (κ1) is 13.9. The van der Waals surface area contributed by atoms with Crippen molar-refractivity contribution >= 4 is 0 Å². The summed E-state index contributed by atoms with van der Waals surface area (Å²) in [6.07, 6.45) is 9.54. The topological polar surface area (TPSA) is 20.2 Å². The summed E-state index contributed by atoms with van der Waals surface area (Å²) in [4.78, 5) is 0. The average molecular weight is 264 g/mol. The van der Waals surface area contributed by atoms with E-state index in [4.69, 9.17) is 0 Å². The van der Waals surface area contributed by atoms with Gasteiger partial charge in [0.1, 0.15) is 0 Å². The highest BCUT2D eigenvalue weighted by molar-refractivity contribution is 4.95. The molecule has 0 spiro atoms. The quantitative estimate of drug-likeness (QED) is 0.739. The molecule has 3 rings (SSSR count). The zero-order valence-corrected chi connectivity index (χ0v) is 13.0. The van der Waals surface area contributed by atoms with Gasteiger partial charge in [-0.25, -0.2) is 0 Å². The van der Waals surface area contributed by atoms with Crippen molar-refractivity contribution in [1.29, 1.82) is 0 Å². The Morgan fingerprint density at radius 1 is 0.737 bits per heavy atom. The van der Waals surface area contributed by atoms with Crippen molar-refractivity contribution in [3.63, 3.8) is 0 Å². The van der Waals surface area contributed by atoms with E-state index in [9.17, 15) is 5.11 Å². The van der Waals surface area contributed by atoms with Crippen LogP contribution in [-0.4, -0.2) is 11.2 Å². The van der Waals surface area contributed by atoms with Gasteiger partial charge in [-0.05, 0) is 80.0 Å². The lowest BCUT2D eigenvalue weighted by molar-refractivity contribution is -0.0101. The van der Waals surface area contributed by atoms with E-state index >= 15 is 0 Å². The molecule has 8 unspecified atom stereocenters. The lowest BCUT2D eigenvalue weighted by atomic mass is 9.58. The molecule has 110 valence electrons. The van der Waals surface area contributed by atoms with E-state index < -0.39 is 0 Å². The van der Waals surface area contributed by atoms with Gasteiger partial charge in [0, 0.05) is 0 Å². The molecule has 0 bridgehead atoms. The SMILES string of the molecule is CC1CC(C2CC(C)C3CCCC3C2C)CCC1O. The smallest absolute Gasteiger partial charge is 0.0566 e. The van der Waals surface area contributed by atoms with Gasteiger partial charge in [-0.2, -0.15) is 0 Å². The molecule has 0 heterocycles. The Bertz CT molecular complexity index is 313. The summed E-state index contributed by atoms with van der Waals surface area (Å²) in [6.45, 7) is 7.32. The monoisotopic (exact) mass is 264 g/mol. The van der Waals surface area contributed by atoms with Gasteiger partial charge in [-0.1, -0.05) is 27.2 Å². The van der Waals surface area contributed by atoms with Crippen molar-refractivity contribution in [2.75, 3.05) is 0 Å². The molecular formula is C18H32O. The maximum absolute atomic E-state index is 9.96. The highest BCUT2D eigenvalue weighted by Gasteiger charge is 2.46. The maximum Gasteiger partial charge on any atom is 0.0566 e. The lowest BCUT2D eigenvalue weighted by Gasteiger charge is -2.47. The highest BCUT2D eigenvalue weighted by Crippen LogP contribution is 2.54. The molecule has 0 aromatic rings. The van der Waals surface area contributed by atoms with Crippen LogP contribution in [0, 0.1) is 41.4 Å². The largest absolute Gasteiger partial charge is 0.393 e. The molecule has 19 heavy (non-hydrogen) atoms. The molecule has 3 fully saturated rings. The van der Waals surface area contributed by atoms with E-state index in [2.05, 4.69) is 20.8 Å². The van der Waals surface area contributed by atoms with Crippen molar-refractivity contribution in [2.24, 2.45) is 41.4 Å². The molecule has 0 amide bonds. The minimum atomic E-state index is -0.0215. The van der Waals surface area contributed by atoms with Gasteiger partial charge in [0.2, 0.25) is 0 Å². The van der Waals surface area contributed by atoms with E-state index in [1.54, 1.807) is 0 Å². The van der Waals surface area contributed by atoms with Crippen LogP contribution in [0.3, 0.4) is 0 Å². The van der Waals surface area contributed by atoms with Crippen LogP contribution in [0.15, 0.2) is 0 Å². The second kappa shape index (κ2) is 5.39. The van der Waals surface area contributed by atoms with Gasteiger partial charge < -0.3 is 5.11 Å². The Balaban J connectivity index is 1.70. The van der Waals surface area contributed by atoms with Crippen LogP contribution in [0.4, 0.5) is 0 Å². The summed E-state index contributed by atoms with van der Waals surface area (Å²) < 4.78 is 0. The Hall–Kier alpha value is -0.0400. The number of aliphatic hydroxyl groups is 1. The average Bonchev–Trinajstić information content (AvgIpc) is 2.87. The molecular weight excluding hydrogens is 232 g/mol. The van der Waals surface area contributed by atoms with Crippen LogP contribution >= 0.6 is 0 Å². The first-order chi connectivity index (χ1) is 9.08. The van der Waals surface area contributed by atoms with Gasteiger partial charge >= 0.3 is 0 Å². The molecule has 1 nitrogen and oxygen atoms in total. The Kier molecular flexibility index (Phi) is 3.95. The van der Waals surface area contributed by atoms with Crippen molar-refractivity contribution in [3.05, 3.63) is 0 Å². The third kappa shape index (κ3) is 2.48. The standard InChI is InChI=1S/C18H32O/c1-11-10-17(13(3)16-6-4-5-15(11)16)14-7-8-18(19)12(2)9-14/h11-19H,4-10H2,1-3H3. The zero-order valence-electron chi connectivity index (χ0n) is 13.0. The third-order valence-corrected chi connectivity index (χ3v) is 7.12. The summed E-state index contributed by atoms with van der Waals surface area (Å²) in [5, 5.41) is 9.96. The van der Waals surface area contributed by atoms with E-state index in [0.717, 1.165) is 41.9 Å². The summed E-state index contributed by atoms with van der Waals surface area (Å²) in [6, 6.07) is 0. The molecule has 0 aliphatic heterocycles. The maximum atomic E-state index is 9.96. The van der Waals surface area contributed by atoms with Gasteiger partial charge in [0.25, 0.3) is 0 Å². The molecule has 0 radical (unpaired) electrons. The Labute approximate surface area is 119 Å². The van der Waals surface area contributed by atoms with Crippen LogP contribution in [0.2, 0.25) is 0 Å². The van der Waals surface area contributed by atoms with E-state index in [-0.39, 0.29) is 6.10 Å². The van der Waals surface area contributed by atoms with Gasteiger partial charge in [-0.3, -0.25) is 0 Å². The predicted octanol–water partition coefficient (Wildman–Crippen LogP) is 4.49. The molecule has 3 aliphatic carbocycles. The van der Waals surface area contributed by atoms with Crippen molar-refractivity contribution < 1.29 is 5.11 Å². The number of rotatable bonds is 1. The van der Waals surface area contributed by atoms with E-state index in [1.807, 2.05) is 0 Å². The summed E-state index contributed by atoms with van der Waals surface area (Å²) in [7, 11) is 0. The van der Waals surface area contributed by atoms with Crippen LogP contribution in [0.5, 0.6) is 0 Å².